The number of amides is 1. The van der Waals surface area contributed by atoms with E-state index in [1.165, 1.54) is 0 Å². The molecule has 1 fully saturated rings. The van der Waals surface area contributed by atoms with Crippen LogP contribution in [0.5, 0.6) is 0 Å². The van der Waals surface area contributed by atoms with Crippen molar-refractivity contribution < 1.29 is 4.79 Å². The minimum Gasteiger partial charge on any atom is -0.334 e. The van der Waals surface area contributed by atoms with Gasteiger partial charge >= 0.3 is 0 Å². The van der Waals surface area contributed by atoms with Crippen LogP contribution in [0.2, 0.25) is 0 Å². The van der Waals surface area contributed by atoms with Crippen molar-refractivity contribution in [2.45, 2.75) is 19.4 Å². The number of likely N-dealkylation sites (tertiary alicyclic amines) is 1. The zero-order chi connectivity index (χ0) is 10.8. The van der Waals surface area contributed by atoms with Gasteiger partial charge in [0.25, 0.3) is 5.91 Å². The average molecular weight is 204 g/mol. The summed E-state index contributed by atoms with van der Waals surface area (Å²) in [4.78, 5) is 14.0. The molecule has 0 saturated carbocycles. The summed E-state index contributed by atoms with van der Waals surface area (Å²) in [7, 11) is 0. The van der Waals surface area contributed by atoms with Gasteiger partial charge in [-0.1, -0.05) is 18.2 Å². The van der Waals surface area contributed by atoms with E-state index in [0.717, 1.165) is 24.1 Å². The molecule has 3 nitrogen and oxygen atoms in total. The second-order valence-electron chi connectivity index (χ2n) is 3.99. The van der Waals surface area contributed by atoms with Crippen LogP contribution in [0.25, 0.3) is 0 Å². The number of nitrogens with zero attached hydrogens (tertiary/aromatic N) is 1. The first kappa shape index (κ1) is 10.2. The summed E-state index contributed by atoms with van der Waals surface area (Å²) in [5.41, 5.74) is 7.42. The smallest absolute Gasteiger partial charge is 0.254 e. The van der Waals surface area contributed by atoms with E-state index in [2.05, 4.69) is 0 Å². The molecule has 1 atom stereocenters. The van der Waals surface area contributed by atoms with Gasteiger partial charge in [-0.05, 0) is 25.0 Å². The molecule has 1 amide bonds. The quantitative estimate of drug-likeness (QED) is 0.786. The Morgan fingerprint density at radius 1 is 1.53 bits per heavy atom. The van der Waals surface area contributed by atoms with Gasteiger partial charge in [0.1, 0.15) is 0 Å². The van der Waals surface area contributed by atoms with Gasteiger partial charge in [-0.25, -0.2) is 0 Å². The minimum atomic E-state index is 0.120. The van der Waals surface area contributed by atoms with E-state index in [4.69, 9.17) is 5.73 Å². The highest BCUT2D eigenvalue weighted by Gasteiger charge is 2.31. The van der Waals surface area contributed by atoms with E-state index in [1.54, 1.807) is 0 Å². The number of nitrogens with two attached hydrogens (primary N) is 1. The third-order valence-corrected chi connectivity index (χ3v) is 3.05. The van der Waals surface area contributed by atoms with Crippen LogP contribution in [0.1, 0.15) is 22.3 Å². The Balaban J connectivity index is 2.18. The van der Waals surface area contributed by atoms with Crippen molar-refractivity contribution >= 4 is 5.91 Å². The molecule has 0 aromatic heterocycles. The molecule has 1 saturated heterocycles. The monoisotopic (exact) mass is 204 g/mol. The number of carbonyl (C=O) groups is 1. The molecule has 1 aliphatic rings. The summed E-state index contributed by atoms with van der Waals surface area (Å²) in [6.45, 7) is 3.37. The lowest BCUT2D eigenvalue weighted by atomic mass is 9.99. The zero-order valence-electron chi connectivity index (χ0n) is 8.94. The van der Waals surface area contributed by atoms with Crippen molar-refractivity contribution in [3.05, 3.63) is 35.4 Å². The predicted octanol–water partition coefficient (Wildman–Crippen LogP) is 1.17. The predicted molar refractivity (Wildman–Crippen MR) is 59.7 cm³/mol. The first-order chi connectivity index (χ1) is 7.24. The SMILES string of the molecule is Cc1ccccc1C(=O)N1CCC1CN. The van der Waals surface area contributed by atoms with Gasteiger partial charge in [0.05, 0.1) is 0 Å². The molecule has 0 radical (unpaired) electrons. The second-order valence-corrected chi connectivity index (χ2v) is 3.99. The van der Waals surface area contributed by atoms with Crippen LogP contribution in [-0.2, 0) is 0 Å². The highest BCUT2D eigenvalue weighted by atomic mass is 16.2. The maximum Gasteiger partial charge on any atom is 0.254 e. The van der Waals surface area contributed by atoms with E-state index < -0.39 is 0 Å². The zero-order valence-corrected chi connectivity index (χ0v) is 8.94. The fraction of sp³-hybridized carbons (Fsp3) is 0.417. The lowest BCUT2D eigenvalue weighted by Crippen LogP contribution is -2.54. The molecule has 2 rings (SSSR count). The largest absolute Gasteiger partial charge is 0.334 e. The Hall–Kier alpha value is -1.35. The topological polar surface area (TPSA) is 46.3 Å². The molecule has 15 heavy (non-hydrogen) atoms. The second kappa shape index (κ2) is 4.03. The van der Waals surface area contributed by atoms with Crippen molar-refractivity contribution in [2.24, 2.45) is 5.73 Å². The molecule has 1 aromatic carbocycles. The van der Waals surface area contributed by atoms with E-state index >= 15 is 0 Å². The summed E-state index contributed by atoms with van der Waals surface area (Å²) >= 11 is 0. The fourth-order valence-corrected chi connectivity index (χ4v) is 1.92. The van der Waals surface area contributed by atoms with Crippen LogP contribution >= 0.6 is 0 Å². The van der Waals surface area contributed by atoms with Crippen LogP contribution in [0, 0.1) is 6.92 Å². The van der Waals surface area contributed by atoms with Crippen molar-refractivity contribution in [3.63, 3.8) is 0 Å². The lowest BCUT2D eigenvalue weighted by Gasteiger charge is -2.40. The molecule has 0 bridgehead atoms. The van der Waals surface area contributed by atoms with Crippen molar-refractivity contribution in [2.75, 3.05) is 13.1 Å². The standard InChI is InChI=1S/C12H16N2O/c1-9-4-2-3-5-11(9)12(15)14-7-6-10(14)8-13/h2-5,10H,6-8,13H2,1H3. The Morgan fingerprint density at radius 2 is 2.27 bits per heavy atom. The summed E-state index contributed by atoms with van der Waals surface area (Å²) in [5, 5.41) is 0. The lowest BCUT2D eigenvalue weighted by molar-refractivity contribution is 0.0481. The summed E-state index contributed by atoms with van der Waals surface area (Å²) in [5.74, 6) is 0.120. The molecule has 3 heteroatoms. The van der Waals surface area contributed by atoms with Gasteiger partial charge in [0.15, 0.2) is 0 Å². The van der Waals surface area contributed by atoms with E-state index in [1.807, 2.05) is 36.1 Å². The molecule has 1 aliphatic heterocycles. The van der Waals surface area contributed by atoms with Gasteiger partial charge in [-0.2, -0.15) is 0 Å². The van der Waals surface area contributed by atoms with Crippen LogP contribution in [0.4, 0.5) is 0 Å². The van der Waals surface area contributed by atoms with Gasteiger partial charge in [-0.15, -0.1) is 0 Å². The van der Waals surface area contributed by atoms with Gasteiger partial charge < -0.3 is 10.6 Å². The molecule has 1 aromatic rings. The van der Waals surface area contributed by atoms with Crippen LogP contribution < -0.4 is 5.73 Å². The van der Waals surface area contributed by atoms with Gasteiger partial charge in [0, 0.05) is 24.7 Å². The molecule has 2 N–H and O–H groups in total. The number of carbonyl (C=O) groups excluding carboxylic acids is 1. The highest BCUT2D eigenvalue weighted by Crippen LogP contribution is 2.20. The first-order valence-electron chi connectivity index (χ1n) is 5.30. The minimum absolute atomic E-state index is 0.120. The molecule has 80 valence electrons. The fourth-order valence-electron chi connectivity index (χ4n) is 1.92. The maximum absolute atomic E-state index is 12.1. The first-order valence-corrected chi connectivity index (χ1v) is 5.30. The summed E-state index contributed by atoms with van der Waals surface area (Å²) < 4.78 is 0. The Kier molecular flexibility index (Phi) is 2.73. The van der Waals surface area contributed by atoms with E-state index in [-0.39, 0.29) is 11.9 Å². The van der Waals surface area contributed by atoms with Gasteiger partial charge in [0.2, 0.25) is 0 Å². The molecule has 1 unspecified atom stereocenters. The summed E-state index contributed by atoms with van der Waals surface area (Å²) in [6, 6.07) is 7.94. The van der Waals surface area contributed by atoms with Crippen LogP contribution in [0.15, 0.2) is 24.3 Å². The number of benzene rings is 1. The number of hydrogen-bond acceptors (Lipinski definition) is 2. The molecular formula is C12H16N2O. The summed E-state index contributed by atoms with van der Waals surface area (Å²) in [6.07, 6.45) is 1.04. The molecule has 0 aliphatic carbocycles. The van der Waals surface area contributed by atoms with Crippen LogP contribution in [-0.4, -0.2) is 29.9 Å². The number of rotatable bonds is 2. The number of hydrogen-bond donors (Lipinski definition) is 1. The normalized spacial score (nSPS) is 19.9. The number of aryl methyl sites for hydroxylation is 1. The molecular weight excluding hydrogens is 188 g/mol. The Morgan fingerprint density at radius 3 is 2.80 bits per heavy atom. The molecule has 1 heterocycles. The maximum atomic E-state index is 12.1. The van der Waals surface area contributed by atoms with Crippen molar-refractivity contribution in [1.29, 1.82) is 0 Å². The van der Waals surface area contributed by atoms with E-state index in [9.17, 15) is 4.79 Å². The Labute approximate surface area is 89.9 Å². The third kappa shape index (κ3) is 1.75. The van der Waals surface area contributed by atoms with Crippen LogP contribution in [0.3, 0.4) is 0 Å². The average Bonchev–Trinajstić information content (AvgIpc) is 2.17. The Bertz CT molecular complexity index is 374. The highest BCUT2D eigenvalue weighted by molar-refractivity contribution is 5.96. The van der Waals surface area contributed by atoms with E-state index in [0.29, 0.717) is 6.54 Å². The van der Waals surface area contributed by atoms with Gasteiger partial charge in [-0.3, -0.25) is 4.79 Å². The third-order valence-electron chi connectivity index (χ3n) is 3.05. The van der Waals surface area contributed by atoms with Crippen molar-refractivity contribution in [1.82, 2.24) is 4.90 Å². The van der Waals surface area contributed by atoms with Crippen molar-refractivity contribution in [3.8, 4) is 0 Å². The molecule has 0 spiro atoms.